The van der Waals surface area contributed by atoms with Gasteiger partial charge in [-0.3, -0.25) is 4.98 Å². The van der Waals surface area contributed by atoms with Crippen molar-refractivity contribution in [1.29, 1.82) is 5.26 Å². The topological polar surface area (TPSA) is 109 Å². The molecule has 0 unspecified atom stereocenters. The Bertz CT molecular complexity index is 1270. The SMILES string of the molecule is N#Cc1cnc2c(Nc3ccc(F)c([C@@]4(C(F)F)N=C(N)O[C@@H]5C[C@@H]54)c3)nccc2c1. The van der Waals surface area contributed by atoms with Gasteiger partial charge in [0.05, 0.1) is 5.56 Å². The molecule has 10 heteroatoms. The predicted octanol–water partition coefficient (Wildman–Crippen LogP) is 3.58. The molecule has 0 bridgehead atoms. The summed E-state index contributed by atoms with van der Waals surface area (Å²) in [5.74, 6) is -1.13. The second-order valence-corrected chi connectivity index (χ2v) is 7.46. The Hall–Kier alpha value is -3.87. The maximum atomic E-state index is 14.8. The number of halogens is 3. The van der Waals surface area contributed by atoms with Gasteiger partial charge in [0.2, 0.25) is 0 Å². The van der Waals surface area contributed by atoms with E-state index in [2.05, 4.69) is 20.3 Å². The van der Waals surface area contributed by atoms with Gasteiger partial charge < -0.3 is 15.8 Å². The second kappa shape index (κ2) is 6.84. The summed E-state index contributed by atoms with van der Waals surface area (Å²) in [7, 11) is 0. The molecule has 3 N–H and O–H groups in total. The van der Waals surface area contributed by atoms with E-state index in [9.17, 15) is 13.2 Å². The van der Waals surface area contributed by atoms with Crippen molar-refractivity contribution in [1.82, 2.24) is 9.97 Å². The first-order valence-corrected chi connectivity index (χ1v) is 9.44. The Morgan fingerprint density at radius 2 is 2.10 bits per heavy atom. The maximum absolute atomic E-state index is 14.8. The van der Waals surface area contributed by atoms with Gasteiger partial charge >= 0.3 is 0 Å². The molecular weight excluding hydrogens is 409 g/mol. The van der Waals surface area contributed by atoms with E-state index in [1.165, 1.54) is 24.5 Å². The van der Waals surface area contributed by atoms with Crippen LogP contribution >= 0.6 is 0 Å². The van der Waals surface area contributed by atoms with Crippen molar-refractivity contribution in [2.24, 2.45) is 16.6 Å². The quantitative estimate of drug-likeness (QED) is 0.663. The fourth-order valence-electron chi connectivity index (χ4n) is 4.06. The fraction of sp³-hybridized carbons (Fsp3) is 0.238. The molecule has 1 saturated carbocycles. The molecule has 2 aliphatic rings. The van der Waals surface area contributed by atoms with E-state index >= 15 is 0 Å². The summed E-state index contributed by atoms with van der Waals surface area (Å²) in [4.78, 5) is 12.4. The van der Waals surface area contributed by atoms with Gasteiger partial charge in [-0.05, 0) is 36.8 Å². The largest absolute Gasteiger partial charge is 0.462 e. The summed E-state index contributed by atoms with van der Waals surface area (Å²) < 4.78 is 48.6. The number of nitriles is 1. The number of pyridine rings is 2. The number of hydrogen-bond donors (Lipinski definition) is 2. The Morgan fingerprint density at radius 3 is 2.87 bits per heavy atom. The van der Waals surface area contributed by atoms with E-state index in [0.717, 1.165) is 6.07 Å². The predicted molar refractivity (Wildman–Crippen MR) is 106 cm³/mol. The minimum absolute atomic E-state index is 0.258. The summed E-state index contributed by atoms with van der Waals surface area (Å²) in [5, 5.41) is 12.7. The standard InChI is InChI=1S/C21H15F3N6O/c22-15-2-1-12(29-18-17-11(3-4-27-18)5-10(8-25)9-28-17)6-13(15)21(19(23)24)14-7-16(14)31-20(26)30-21/h1-6,9,14,16,19H,7H2,(H2,26,30)(H,27,29)/t14-,16+,21+/m0/s1. The molecule has 3 atom stereocenters. The van der Waals surface area contributed by atoms with Crippen LogP contribution in [0, 0.1) is 23.1 Å². The minimum atomic E-state index is -2.98. The van der Waals surface area contributed by atoms with Crippen molar-refractivity contribution in [3.8, 4) is 6.07 Å². The zero-order valence-electron chi connectivity index (χ0n) is 15.9. The highest BCUT2D eigenvalue weighted by atomic mass is 19.3. The van der Waals surface area contributed by atoms with Gasteiger partial charge in [-0.1, -0.05) is 0 Å². The average Bonchev–Trinajstić information content (AvgIpc) is 3.53. The van der Waals surface area contributed by atoms with Crippen LogP contribution < -0.4 is 11.1 Å². The number of nitrogens with one attached hydrogen (secondary N) is 1. The number of aliphatic imine (C=N–C) groups is 1. The number of aromatic nitrogens is 2. The molecule has 0 saturated heterocycles. The number of hydrogen-bond acceptors (Lipinski definition) is 7. The van der Waals surface area contributed by atoms with E-state index in [1.807, 2.05) is 6.07 Å². The number of nitrogens with zero attached hydrogens (tertiary/aromatic N) is 4. The molecule has 0 spiro atoms. The number of alkyl halides is 2. The highest BCUT2D eigenvalue weighted by molar-refractivity contribution is 5.90. The first kappa shape index (κ1) is 19.1. The van der Waals surface area contributed by atoms with Crippen LogP contribution in [0.1, 0.15) is 17.5 Å². The summed E-state index contributed by atoms with van der Waals surface area (Å²) in [6, 6.07) is 8.81. The van der Waals surface area contributed by atoms with Crippen molar-refractivity contribution in [2.45, 2.75) is 24.5 Å². The van der Waals surface area contributed by atoms with Crippen LogP contribution in [0.5, 0.6) is 0 Å². The third-order valence-electron chi connectivity index (χ3n) is 5.59. The summed E-state index contributed by atoms with van der Waals surface area (Å²) in [5.41, 5.74) is 4.45. The fourth-order valence-corrected chi connectivity index (χ4v) is 4.06. The minimum Gasteiger partial charge on any atom is -0.462 e. The molecule has 1 aliphatic carbocycles. The number of benzene rings is 1. The van der Waals surface area contributed by atoms with Crippen LogP contribution in [0.4, 0.5) is 24.7 Å². The highest BCUT2D eigenvalue weighted by Gasteiger charge is 2.64. The van der Waals surface area contributed by atoms with Crippen LogP contribution in [0.3, 0.4) is 0 Å². The van der Waals surface area contributed by atoms with Crippen LogP contribution in [0.2, 0.25) is 0 Å². The molecule has 1 aromatic carbocycles. The Balaban J connectivity index is 1.58. The molecule has 1 aliphatic heterocycles. The Kier molecular flexibility index (Phi) is 4.22. The number of nitrogens with two attached hydrogens (primary N) is 1. The molecule has 3 heterocycles. The number of ether oxygens (including phenoxy) is 1. The lowest BCUT2D eigenvalue weighted by Crippen LogP contribution is -2.43. The van der Waals surface area contributed by atoms with Gasteiger partial charge in [0.15, 0.2) is 11.4 Å². The van der Waals surface area contributed by atoms with Crippen LogP contribution in [0.15, 0.2) is 47.7 Å². The van der Waals surface area contributed by atoms with Crippen molar-refractivity contribution in [2.75, 3.05) is 5.32 Å². The normalized spacial score (nSPS) is 24.2. The first-order chi connectivity index (χ1) is 14.9. The highest BCUT2D eigenvalue weighted by Crippen LogP contribution is 2.56. The number of amidine groups is 1. The smallest absolute Gasteiger partial charge is 0.283 e. The lowest BCUT2D eigenvalue weighted by Gasteiger charge is -2.33. The van der Waals surface area contributed by atoms with E-state index in [1.54, 1.807) is 12.1 Å². The average molecular weight is 424 g/mol. The summed E-state index contributed by atoms with van der Waals surface area (Å²) in [6.45, 7) is 0. The Labute approximate surface area is 174 Å². The van der Waals surface area contributed by atoms with Crippen molar-refractivity contribution < 1.29 is 17.9 Å². The number of rotatable bonds is 4. The first-order valence-electron chi connectivity index (χ1n) is 9.44. The van der Waals surface area contributed by atoms with Gasteiger partial charge in [0.25, 0.3) is 12.4 Å². The van der Waals surface area contributed by atoms with Crippen molar-refractivity contribution >= 4 is 28.4 Å². The lowest BCUT2D eigenvalue weighted by molar-refractivity contribution is 0.0177. The lowest BCUT2D eigenvalue weighted by atomic mass is 9.84. The van der Waals surface area contributed by atoms with E-state index in [0.29, 0.717) is 34.4 Å². The van der Waals surface area contributed by atoms with Crippen LogP contribution in [-0.2, 0) is 10.3 Å². The van der Waals surface area contributed by atoms with Crippen LogP contribution in [0.25, 0.3) is 10.9 Å². The van der Waals surface area contributed by atoms with Gasteiger partial charge in [-0.25, -0.2) is 23.1 Å². The summed E-state index contributed by atoms with van der Waals surface area (Å²) in [6.07, 6.45) is -0.222. The molecule has 0 radical (unpaired) electrons. The molecule has 2 aromatic heterocycles. The van der Waals surface area contributed by atoms with Gasteiger partial charge in [0, 0.05) is 34.9 Å². The van der Waals surface area contributed by atoms with Crippen molar-refractivity contribution in [3.63, 3.8) is 0 Å². The zero-order valence-corrected chi connectivity index (χ0v) is 15.9. The number of fused-ring (bicyclic) bond motifs is 2. The number of anilines is 2. The maximum Gasteiger partial charge on any atom is 0.283 e. The van der Waals surface area contributed by atoms with Crippen molar-refractivity contribution in [3.05, 3.63) is 59.7 Å². The summed E-state index contributed by atoms with van der Waals surface area (Å²) >= 11 is 0. The molecule has 156 valence electrons. The molecule has 0 amide bonds. The third kappa shape index (κ3) is 3.01. The third-order valence-corrected chi connectivity index (χ3v) is 5.59. The van der Waals surface area contributed by atoms with E-state index in [4.69, 9.17) is 15.7 Å². The molecule has 7 nitrogen and oxygen atoms in total. The molecule has 3 aromatic rings. The van der Waals surface area contributed by atoms with Gasteiger partial charge in [-0.2, -0.15) is 5.26 Å². The monoisotopic (exact) mass is 424 g/mol. The van der Waals surface area contributed by atoms with E-state index < -0.39 is 29.8 Å². The van der Waals surface area contributed by atoms with E-state index in [-0.39, 0.29) is 11.6 Å². The molecule has 1 fully saturated rings. The van der Waals surface area contributed by atoms with Crippen LogP contribution in [-0.4, -0.2) is 28.5 Å². The zero-order chi connectivity index (χ0) is 21.8. The molecular formula is C21H15F3N6O. The Morgan fingerprint density at radius 1 is 1.26 bits per heavy atom. The van der Waals surface area contributed by atoms with Gasteiger partial charge in [-0.15, -0.1) is 0 Å². The molecule has 5 rings (SSSR count). The van der Waals surface area contributed by atoms with Gasteiger partial charge in [0.1, 0.15) is 23.5 Å². The second-order valence-electron chi connectivity index (χ2n) is 7.46. The molecule has 31 heavy (non-hydrogen) atoms.